The van der Waals surface area contributed by atoms with Gasteiger partial charge in [-0.1, -0.05) is 0 Å². The van der Waals surface area contributed by atoms with Crippen molar-refractivity contribution in [2.24, 2.45) is 0 Å². The van der Waals surface area contributed by atoms with E-state index in [9.17, 15) is 4.79 Å². The van der Waals surface area contributed by atoms with Crippen LogP contribution in [0, 0.1) is 6.92 Å². The van der Waals surface area contributed by atoms with Gasteiger partial charge in [0.15, 0.2) is 5.75 Å². The summed E-state index contributed by atoms with van der Waals surface area (Å²) in [7, 11) is 0. The molecule has 1 aromatic carbocycles. The van der Waals surface area contributed by atoms with Gasteiger partial charge in [-0.05, 0) is 61.9 Å². The van der Waals surface area contributed by atoms with Gasteiger partial charge in [0.1, 0.15) is 21.9 Å². The molecule has 0 saturated heterocycles. The highest BCUT2D eigenvalue weighted by atomic mass is 32.1. The van der Waals surface area contributed by atoms with E-state index in [-0.39, 0.29) is 5.97 Å². The Morgan fingerprint density at radius 3 is 2.81 bits per heavy atom. The highest BCUT2D eigenvalue weighted by Crippen LogP contribution is 2.33. The molecule has 3 rings (SSSR count). The van der Waals surface area contributed by atoms with E-state index in [0.29, 0.717) is 33.6 Å². The van der Waals surface area contributed by atoms with Crippen molar-refractivity contribution >= 4 is 17.3 Å². The lowest BCUT2D eigenvalue weighted by molar-refractivity contribution is 0.0531. The first-order valence-electron chi connectivity index (χ1n) is 8.32. The number of benzene rings is 1. The van der Waals surface area contributed by atoms with Crippen molar-refractivity contribution in [1.29, 1.82) is 0 Å². The molecule has 0 aliphatic rings. The summed E-state index contributed by atoms with van der Waals surface area (Å²) in [4.78, 5) is 17.1. The van der Waals surface area contributed by atoms with Crippen LogP contribution in [0.1, 0.15) is 36.1 Å². The molecule has 3 aromatic rings. The molecule has 0 amide bonds. The molecule has 0 atom stereocenters. The van der Waals surface area contributed by atoms with Crippen LogP contribution in [0.2, 0.25) is 0 Å². The number of nitrogens with zero attached hydrogens (tertiary/aromatic N) is 5. The number of carbonyl (C=O) groups excluding carboxylic acids is 1. The Morgan fingerprint density at radius 1 is 1.33 bits per heavy atom. The van der Waals surface area contributed by atoms with Crippen LogP contribution < -0.4 is 4.74 Å². The molecule has 0 N–H and O–H groups in total. The number of carbonyl (C=O) groups is 1. The molecule has 0 bridgehead atoms. The van der Waals surface area contributed by atoms with Crippen molar-refractivity contribution in [1.82, 2.24) is 25.2 Å². The summed E-state index contributed by atoms with van der Waals surface area (Å²) in [5.74, 6) is 0.245. The maximum Gasteiger partial charge on any atom is 0.350 e. The fraction of sp³-hybridized carbons (Fsp3) is 0.278. The van der Waals surface area contributed by atoms with Crippen molar-refractivity contribution in [3.8, 4) is 22.0 Å². The third kappa shape index (κ3) is 4.20. The van der Waals surface area contributed by atoms with Crippen LogP contribution in [0.5, 0.6) is 5.75 Å². The first-order chi connectivity index (χ1) is 13.0. The van der Waals surface area contributed by atoms with Gasteiger partial charge in [0, 0.05) is 5.56 Å². The molecule has 0 saturated carbocycles. The van der Waals surface area contributed by atoms with E-state index in [2.05, 4.69) is 20.5 Å². The lowest BCUT2D eigenvalue weighted by Crippen LogP contribution is -2.03. The molecule has 0 radical (unpaired) electrons. The molecule has 9 heteroatoms. The smallest absolute Gasteiger partial charge is 0.350 e. The summed E-state index contributed by atoms with van der Waals surface area (Å²) >= 11 is 1.29. The zero-order valence-corrected chi connectivity index (χ0v) is 16.3. The van der Waals surface area contributed by atoms with Crippen LogP contribution in [0.25, 0.3) is 16.3 Å². The lowest BCUT2D eigenvalue weighted by atomic mass is 10.2. The fourth-order valence-electron chi connectivity index (χ4n) is 2.29. The van der Waals surface area contributed by atoms with Crippen LogP contribution >= 0.6 is 11.3 Å². The van der Waals surface area contributed by atoms with Gasteiger partial charge >= 0.3 is 5.97 Å². The van der Waals surface area contributed by atoms with Gasteiger partial charge in [-0.25, -0.2) is 9.78 Å². The third-order valence-corrected chi connectivity index (χ3v) is 4.67. The fourth-order valence-corrected chi connectivity index (χ4v) is 3.24. The molecule has 2 aromatic heterocycles. The second kappa shape index (κ2) is 8.09. The molecule has 2 heterocycles. The molecule has 0 fully saturated rings. The summed E-state index contributed by atoms with van der Waals surface area (Å²) in [6.45, 7) is 7.78. The van der Waals surface area contributed by atoms with Gasteiger partial charge in [-0.3, -0.25) is 0 Å². The minimum atomic E-state index is -0.358. The van der Waals surface area contributed by atoms with Gasteiger partial charge in [0.2, 0.25) is 0 Å². The maximum atomic E-state index is 12.1. The Hall–Kier alpha value is -3.07. The number of esters is 1. The van der Waals surface area contributed by atoms with Crippen LogP contribution in [0.3, 0.4) is 0 Å². The summed E-state index contributed by atoms with van der Waals surface area (Å²) < 4.78 is 12.3. The first-order valence-corrected chi connectivity index (χ1v) is 9.13. The molecule has 8 nitrogen and oxygen atoms in total. The monoisotopic (exact) mass is 385 g/mol. The van der Waals surface area contributed by atoms with Crippen molar-refractivity contribution in [2.75, 3.05) is 6.61 Å². The number of ether oxygens (including phenoxy) is 2. The van der Waals surface area contributed by atoms with Crippen molar-refractivity contribution in [3.05, 3.63) is 46.9 Å². The van der Waals surface area contributed by atoms with Crippen LogP contribution in [0.15, 0.2) is 36.4 Å². The Morgan fingerprint density at radius 2 is 2.15 bits per heavy atom. The molecule has 0 unspecified atom stereocenters. The largest absolute Gasteiger partial charge is 0.463 e. The number of rotatable bonds is 6. The molecule has 0 aliphatic carbocycles. The number of hydrogen-bond donors (Lipinski definition) is 0. The van der Waals surface area contributed by atoms with Crippen LogP contribution in [-0.2, 0) is 4.74 Å². The zero-order chi connectivity index (χ0) is 19.4. The second-order valence-corrected chi connectivity index (χ2v) is 6.90. The SMILES string of the molecule is CCOC(=O)c1sc(-c2ccc(OC=C(C)C)c(-n3cnnn3)c2)nc1C. The molecule has 0 aliphatic heterocycles. The number of aryl methyl sites for hydroxylation is 1. The molecule has 27 heavy (non-hydrogen) atoms. The van der Waals surface area contributed by atoms with E-state index in [0.717, 1.165) is 11.1 Å². The molecular formula is C18H19N5O3S. The van der Waals surface area contributed by atoms with Crippen molar-refractivity contribution in [3.63, 3.8) is 0 Å². The van der Waals surface area contributed by atoms with Crippen molar-refractivity contribution < 1.29 is 14.3 Å². The Bertz CT molecular complexity index is 975. The Balaban J connectivity index is 2.02. The van der Waals surface area contributed by atoms with Crippen LogP contribution in [0.4, 0.5) is 0 Å². The highest BCUT2D eigenvalue weighted by molar-refractivity contribution is 7.17. The van der Waals surface area contributed by atoms with Crippen LogP contribution in [-0.4, -0.2) is 37.8 Å². The van der Waals surface area contributed by atoms with E-state index in [1.54, 1.807) is 20.1 Å². The topological polar surface area (TPSA) is 92.0 Å². The number of hydrogen-bond acceptors (Lipinski definition) is 8. The average molecular weight is 385 g/mol. The molecular weight excluding hydrogens is 366 g/mol. The number of allylic oxidation sites excluding steroid dienone is 1. The quantitative estimate of drug-likeness (QED) is 0.473. The Kier molecular flexibility index (Phi) is 5.60. The van der Waals surface area contributed by atoms with Gasteiger partial charge in [0.25, 0.3) is 0 Å². The first kappa shape index (κ1) is 18.7. The minimum absolute atomic E-state index is 0.325. The highest BCUT2D eigenvalue weighted by Gasteiger charge is 2.18. The van der Waals surface area contributed by atoms with Gasteiger partial charge in [0.05, 0.1) is 18.6 Å². The predicted molar refractivity (Wildman–Crippen MR) is 101 cm³/mol. The van der Waals surface area contributed by atoms with Gasteiger partial charge in [-0.15, -0.1) is 16.4 Å². The number of thiazole rings is 1. The zero-order valence-electron chi connectivity index (χ0n) is 15.5. The normalized spacial score (nSPS) is 10.5. The van der Waals surface area contributed by atoms with E-state index in [1.165, 1.54) is 22.3 Å². The predicted octanol–water partition coefficient (Wildman–Crippen LogP) is 3.57. The summed E-state index contributed by atoms with van der Waals surface area (Å²) in [6, 6.07) is 5.58. The average Bonchev–Trinajstić information content (AvgIpc) is 3.30. The Labute approximate surface area is 160 Å². The van der Waals surface area contributed by atoms with Gasteiger partial charge in [-0.2, -0.15) is 4.68 Å². The molecule has 0 spiro atoms. The molecule has 140 valence electrons. The van der Waals surface area contributed by atoms with E-state index >= 15 is 0 Å². The standard InChI is InChI=1S/C18H19N5O3S/c1-5-25-18(24)16-12(4)20-17(27-16)13-6-7-15(26-9-11(2)3)14(8-13)23-10-19-21-22-23/h6-10H,5H2,1-4H3. The van der Waals surface area contributed by atoms with E-state index in [1.807, 2.05) is 32.0 Å². The summed E-state index contributed by atoms with van der Waals surface area (Å²) in [5, 5.41) is 12.0. The lowest BCUT2D eigenvalue weighted by Gasteiger charge is -2.09. The summed E-state index contributed by atoms with van der Waals surface area (Å²) in [5.41, 5.74) is 3.16. The number of tetrazole rings is 1. The van der Waals surface area contributed by atoms with E-state index in [4.69, 9.17) is 9.47 Å². The van der Waals surface area contributed by atoms with Crippen molar-refractivity contribution in [2.45, 2.75) is 27.7 Å². The summed E-state index contributed by atoms with van der Waals surface area (Å²) in [6.07, 6.45) is 3.15. The van der Waals surface area contributed by atoms with Gasteiger partial charge < -0.3 is 9.47 Å². The van der Waals surface area contributed by atoms with E-state index < -0.39 is 0 Å². The third-order valence-electron chi connectivity index (χ3n) is 3.48. The maximum absolute atomic E-state index is 12.1. The minimum Gasteiger partial charge on any atom is -0.463 e. The number of aromatic nitrogens is 5. The second-order valence-electron chi connectivity index (χ2n) is 5.90.